The van der Waals surface area contributed by atoms with Gasteiger partial charge < -0.3 is 5.73 Å². The van der Waals surface area contributed by atoms with E-state index in [-0.39, 0.29) is 0 Å². The number of hydrogen-bond donors (Lipinski definition) is 1. The summed E-state index contributed by atoms with van der Waals surface area (Å²) in [6.45, 7) is 2.24. The van der Waals surface area contributed by atoms with E-state index in [4.69, 9.17) is 5.73 Å². The van der Waals surface area contributed by atoms with Crippen LogP contribution in [0.4, 0.5) is 0 Å². The molecule has 0 aliphatic heterocycles. The Bertz CT molecular complexity index is 167. The van der Waals surface area contributed by atoms with Crippen LogP contribution in [0.25, 0.3) is 0 Å². The summed E-state index contributed by atoms with van der Waals surface area (Å²) in [6.07, 6.45) is 9.86. The van der Waals surface area contributed by atoms with Gasteiger partial charge in [-0.3, -0.25) is 0 Å². The largest absolute Gasteiger partial charge is 0.328 e. The summed E-state index contributed by atoms with van der Waals surface area (Å²) in [5.41, 5.74) is 6.10. The second-order valence-electron chi connectivity index (χ2n) is 5.22. The Labute approximate surface area is 82.1 Å². The zero-order valence-electron chi connectivity index (χ0n) is 8.84. The molecule has 4 atom stereocenters. The van der Waals surface area contributed by atoms with Gasteiger partial charge in [0.1, 0.15) is 0 Å². The van der Waals surface area contributed by atoms with Gasteiger partial charge in [0.15, 0.2) is 0 Å². The van der Waals surface area contributed by atoms with Crippen LogP contribution in [0.2, 0.25) is 0 Å². The van der Waals surface area contributed by atoms with Crippen molar-refractivity contribution in [1.82, 2.24) is 0 Å². The molecule has 0 radical (unpaired) electrons. The summed E-state index contributed by atoms with van der Waals surface area (Å²) in [6, 6.07) is 0.495. The Morgan fingerprint density at radius 1 is 1.31 bits per heavy atom. The number of nitrogens with two attached hydrogens (primary N) is 1. The summed E-state index contributed by atoms with van der Waals surface area (Å²) in [4.78, 5) is 0. The third-order valence-corrected chi connectivity index (χ3v) is 4.15. The van der Waals surface area contributed by atoms with Crippen molar-refractivity contribution in [2.24, 2.45) is 23.5 Å². The van der Waals surface area contributed by atoms with Gasteiger partial charge in [-0.2, -0.15) is 0 Å². The fourth-order valence-electron chi connectivity index (χ4n) is 3.54. The SMILES string of the molecule is CCCC(N)CC1CC2CCC1C2. The Hall–Kier alpha value is -0.0400. The summed E-state index contributed by atoms with van der Waals surface area (Å²) in [5, 5.41) is 0. The Kier molecular flexibility index (Phi) is 2.92. The molecule has 2 rings (SSSR count). The van der Waals surface area contributed by atoms with Crippen LogP contribution in [-0.4, -0.2) is 6.04 Å². The molecule has 0 aromatic carbocycles. The Morgan fingerprint density at radius 2 is 2.15 bits per heavy atom. The van der Waals surface area contributed by atoms with Crippen LogP contribution >= 0.6 is 0 Å². The molecule has 0 aromatic rings. The predicted molar refractivity (Wildman–Crippen MR) is 56.4 cm³/mol. The van der Waals surface area contributed by atoms with Gasteiger partial charge in [-0.15, -0.1) is 0 Å². The lowest BCUT2D eigenvalue weighted by Crippen LogP contribution is -2.25. The van der Waals surface area contributed by atoms with Gasteiger partial charge in [0.25, 0.3) is 0 Å². The van der Waals surface area contributed by atoms with E-state index in [0.717, 1.165) is 17.8 Å². The van der Waals surface area contributed by atoms with Crippen molar-refractivity contribution in [3.8, 4) is 0 Å². The van der Waals surface area contributed by atoms with Gasteiger partial charge in [0, 0.05) is 6.04 Å². The molecular weight excluding hydrogens is 158 g/mol. The summed E-state index contributed by atoms with van der Waals surface area (Å²) in [7, 11) is 0. The van der Waals surface area contributed by atoms with E-state index in [2.05, 4.69) is 6.92 Å². The van der Waals surface area contributed by atoms with Crippen molar-refractivity contribution in [2.45, 2.75) is 57.9 Å². The quantitative estimate of drug-likeness (QED) is 0.709. The monoisotopic (exact) mass is 181 g/mol. The molecule has 2 N–H and O–H groups in total. The molecule has 4 unspecified atom stereocenters. The summed E-state index contributed by atoms with van der Waals surface area (Å²) >= 11 is 0. The maximum atomic E-state index is 6.10. The second-order valence-corrected chi connectivity index (χ2v) is 5.22. The highest BCUT2D eigenvalue weighted by atomic mass is 14.6. The molecule has 1 nitrogen and oxygen atoms in total. The average molecular weight is 181 g/mol. The van der Waals surface area contributed by atoms with Crippen LogP contribution in [-0.2, 0) is 0 Å². The van der Waals surface area contributed by atoms with Crippen LogP contribution in [0.1, 0.15) is 51.9 Å². The molecule has 1 heteroatoms. The minimum absolute atomic E-state index is 0.495. The molecule has 76 valence electrons. The first kappa shape index (κ1) is 9.51. The fourth-order valence-corrected chi connectivity index (χ4v) is 3.54. The highest BCUT2D eigenvalue weighted by Gasteiger charge is 2.39. The van der Waals surface area contributed by atoms with E-state index < -0.39 is 0 Å². The third-order valence-electron chi connectivity index (χ3n) is 4.15. The van der Waals surface area contributed by atoms with E-state index >= 15 is 0 Å². The highest BCUT2D eigenvalue weighted by molar-refractivity contribution is 4.91. The number of fused-ring (bicyclic) bond motifs is 2. The molecule has 0 aromatic heterocycles. The van der Waals surface area contributed by atoms with Crippen molar-refractivity contribution in [1.29, 1.82) is 0 Å². The molecule has 0 amide bonds. The van der Waals surface area contributed by atoms with Crippen molar-refractivity contribution in [3.05, 3.63) is 0 Å². The van der Waals surface area contributed by atoms with Gasteiger partial charge in [-0.05, 0) is 49.9 Å². The molecule has 2 aliphatic rings. The molecule has 13 heavy (non-hydrogen) atoms. The zero-order chi connectivity index (χ0) is 9.26. The van der Waals surface area contributed by atoms with Crippen LogP contribution in [0, 0.1) is 17.8 Å². The van der Waals surface area contributed by atoms with E-state index in [1.807, 2.05) is 0 Å². The fraction of sp³-hybridized carbons (Fsp3) is 1.00. The van der Waals surface area contributed by atoms with Crippen LogP contribution in [0.5, 0.6) is 0 Å². The van der Waals surface area contributed by atoms with Crippen molar-refractivity contribution in [2.75, 3.05) is 0 Å². The average Bonchev–Trinajstić information content (AvgIpc) is 2.65. The second kappa shape index (κ2) is 4.00. The smallest absolute Gasteiger partial charge is 0.00414 e. The van der Waals surface area contributed by atoms with Gasteiger partial charge in [-0.1, -0.05) is 19.8 Å². The lowest BCUT2D eigenvalue weighted by molar-refractivity contribution is 0.290. The minimum atomic E-state index is 0.495. The summed E-state index contributed by atoms with van der Waals surface area (Å²) in [5.74, 6) is 3.15. The molecule has 2 bridgehead atoms. The number of rotatable bonds is 4. The van der Waals surface area contributed by atoms with Gasteiger partial charge in [0.05, 0.1) is 0 Å². The standard InChI is InChI=1S/C12H23N/c1-2-3-12(13)8-11-7-9-4-5-10(11)6-9/h9-12H,2-8,13H2,1H3. The molecule has 0 saturated heterocycles. The van der Waals surface area contributed by atoms with Crippen LogP contribution in [0.3, 0.4) is 0 Å². The van der Waals surface area contributed by atoms with Gasteiger partial charge >= 0.3 is 0 Å². The van der Waals surface area contributed by atoms with Crippen LogP contribution < -0.4 is 5.73 Å². The number of hydrogen-bond acceptors (Lipinski definition) is 1. The lowest BCUT2D eigenvalue weighted by atomic mass is 9.83. The van der Waals surface area contributed by atoms with Crippen molar-refractivity contribution >= 4 is 0 Å². The van der Waals surface area contributed by atoms with E-state index in [1.165, 1.54) is 44.9 Å². The minimum Gasteiger partial charge on any atom is -0.328 e. The maximum Gasteiger partial charge on any atom is 0.00414 e. The van der Waals surface area contributed by atoms with Crippen molar-refractivity contribution in [3.63, 3.8) is 0 Å². The van der Waals surface area contributed by atoms with Crippen LogP contribution in [0.15, 0.2) is 0 Å². The lowest BCUT2D eigenvalue weighted by Gasteiger charge is -2.24. The molecule has 2 fully saturated rings. The van der Waals surface area contributed by atoms with Crippen molar-refractivity contribution < 1.29 is 0 Å². The maximum absolute atomic E-state index is 6.10. The molecule has 0 spiro atoms. The molecule has 2 aliphatic carbocycles. The van der Waals surface area contributed by atoms with E-state index in [1.54, 1.807) is 0 Å². The van der Waals surface area contributed by atoms with E-state index in [0.29, 0.717) is 6.04 Å². The Balaban J connectivity index is 1.76. The first-order valence-corrected chi connectivity index (χ1v) is 6.05. The third kappa shape index (κ3) is 2.07. The highest BCUT2D eigenvalue weighted by Crippen LogP contribution is 2.49. The zero-order valence-corrected chi connectivity index (χ0v) is 8.84. The Morgan fingerprint density at radius 3 is 2.69 bits per heavy atom. The van der Waals surface area contributed by atoms with Gasteiger partial charge in [-0.25, -0.2) is 0 Å². The molecular formula is C12H23N. The topological polar surface area (TPSA) is 26.0 Å². The normalized spacial score (nSPS) is 39.7. The summed E-state index contributed by atoms with van der Waals surface area (Å²) < 4.78 is 0. The van der Waals surface area contributed by atoms with E-state index in [9.17, 15) is 0 Å². The predicted octanol–water partition coefficient (Wildman–Crippen LogP) is 2.94. The molecule has 2 saturated carbocycles. The molecule has 0 heterocycles. The van der Waals surface area contributed by atoms with Gasteiger partial charge in [0.2, 0.25) is 0 Å². The first-order chi connectivity index (χ1) is 6.29. The first-order valence-electron chi connectivity index (χ1n) is 6.05.